The predicted molar refractivity (Wildman–Crippen MR) is 85.2 cm³/mol. The molecule has 0 fully saturated rings. The average molecular weight is 382 g/mol. The Balaban J connectivity index is 1.57. The highest BCUT2D eigenvalue weighted by molar-refractivity contribution is 5.87. The molecule has 2 aromatic rings. The number of nitrogens with zero attached hydrogens (tertiary/aromatic N) is 2. The lowest BCUT2D eigenvalue weighted by Gasteiger charge is -2.11. The molecule has 0 saturated heterocycles. The third kappa shape index (κ3) is 4.87. The van der Waals surface area contributed by atoms with Crippen molar-refractivity contribution in [3.63, 3.8) is 0 Å². The van der Waals surface area contributed by atoms with Gasteiger partial charge in [0.1, 0.15) is 17.2 Å². The molecular weight excluding hydrogens is 369 g/mol. The molecule has 1 aromatic carbocycles. The number of methoxy groups -OCH3 is 1. The van der Waals surface area contributed by atoms with Crippen molar-refractivity contribution in [2.75, 3.05) is 7.11 Å². The zero-order valence-corrected chi connectivity index (χ0v) is 13.9. The van der Waals surface area contributed by atoms with Crippen molar-refractivity contribution >= 4 is 11.9 Å². The molecule has 7 nitrogen and oxygen atoms in total. The summed E-state index contributed by atoms with van der Waals surface area (Å²) < 4.78 is 50.4. The lowest BCUT2D eigenvalue weighted by Crippen LogP contribution is -2.17. The topological polar surface area (TPSA) is 79.2 Å². The molecule has 142 valence electrons. The first kappa shape index (κ1) is 18.5. The van der Waals surface area contributed by atoms with E-state index >= 15 is 0 Å². The van der Waals surface area contributed by atoms with Crippen molar-refractivity contribution in [2.45, 2.75) is 18.9 Å². The molecule has 0 amide bonds. The quantitative estimate of drug-likeness (QED) is 0.752. The highest BCUT2D eigenvalue weighted by Crippen LogP contribution is 2.30. The Labute approximate surface area is 151 Å². The van der Waals surface area contributed by atoms with E-state index in [1.54, 1.807) is 0 Å². The molecule has 1 aliphatic heterocycles. The second-order valence-electron chi connectivity index (χ2n) is 5.37. The van der Waals surface area contributed by atoms with Crippen LogP contribution in [0.5, 0.6) is 11.5 Å². The van der Waals surface area contributed by atoms with Gasteiger partial charge in [0.25, 0.3) is 0 Å². The van der Waals surface area contributed by atoms with E-state index in [2.05, 4.69) is 19.6 Å². The van der Waals surface area contributed by atoms with Crippen LogP contribution in [0.4, 0.5) is 13.2 Å². The van der Waals surface area contributed by atoms with Crippen LogP contribution >= 0.6 is 0 Å². The maximum absolute atomic E-state index is 12.2. The van der Waals surface area contributed by atoms with Crippen molar-refractivity contribution < 1.29 is 37.0 Å². The summed E-state index contributed by atoms with van der Waals surface area (Å²) >= 11 is 0. The maximum atomic E-state index is 12.2. The van der Waals surface area contributed by atoms with Crippen LogP contribution in [0.1, 0.15) is 28.6 Å². The number of esters is 1. The fourth-order valence-electron chi connectivity index (χ4n) is 2.28. The molecule has 0 saturated carbocycles. The van der Waals surface area contributed by atoms with Crippen LogP contribution in [-0.4, -0.2) is 30.3 Å². The van der Waals surface area contributed by atoms with Crippen LogP contribution < -0.4 is 9.47 Å². The van der Waals surface area contributed by atoms with Gasteiger partial charge < -0.3 is 19.0 Å². The maximum Gasteiger partial charge on any atom is 0.573 e. The Hall–Kier alpha value is -3.30. The standard InChI is InChI=1S/C17H13F3N2O5/c1-24-16(23)13-7-6-12(9-21-13)25-15-8-14(27-22-15)10-2-4-11(5-3-10)26-17(18,19)20/h2-7,9,14H,8H2,1H3/t14-/m1/s1. The monoisotopic (exact) mass is 382 g/mol. The van der Waals surface area contributed by atoms with E-state index in [1.807, 2.05) is 0 Å². The molecule has 0 radical (unpaired) electrons. The summed E-state index contributed by atoms with van der Waals surface area (Å²) in [6, 6.07) is 8.27. The smallest absolute Gasteiger partial charge is 0.464 e. The van der Waals surface area contributed by atoms with Crippen molar-refractivity contribution in [2.24, 2.45) is 5.16 Å². The van der Waals surface area contributed by atoms with Gasteiger partial charge in [0.05, 0.1) is 19.7 Å². The SMILES string of the molecule is COC(=O)c1ccc(OC2=NO[C@@H](c3ccc(OC(F)(F)F)cc3)C2)cn1. The van der Waals surface area contributed by atoms with Gasteiger partial charge in [0.15, 0.2) is 6.10 Å². The van der Waals surface area contributed by atoms with Gasteiger partial charge in [-0.25, -0.2) is 9.78 Å². The van der Waals surface area contributed by atoms with Gasteiger partial charge in [-0.1, -0.05) is 17.3 Å². The number of alkyl halides is 3. The first-order chi connectivity index (χ1) is 12.8. The number of pyridine rings is 1. The third-order valence-corrected chi connectivity index (χ3v) is 3.49. The Bertz CT molecular complexity index is 835. The number of hydrogen-bond acceptors (Lipinski definition) is 7. The zero-order valence-electron chi connectivity index (χ0n) is 13.9. The van der Waals surface area contributed by atoms with Crippen molar-refractivity contribution in [3.8, 4) is 11.5 Å². The van der Waals surface area contributed by atoms with Crippen LogP contribution in [0.3, 0.4) is 0 Å². The summed E-state index contributed by atoms with van der Waals surface area (Å²) in [5, 5.41) is 3.81. The largest absolute Gasteiger partial charge is 0.573 e. The Kier molecular flexibility index (Phi) is 5.15. The van der Waals surface area contributed by atoms with E-state index in [-0.39, 0.29) is 23.8 Å². The van der Waals surface area contributed by atoms with E-state index < -0.39 is 18.4 Å². The summed E-state index contributed by atoms with van der Waals surface area (Å²) in [7, 11) is 1.25. The van der Waals surface area contributed by atoms with Crippen LogP contribution in [0.2, 0.25) is 0 Å². The van der Waals surface area contributed by atoms with Gasteiger partial charge in [-0.15, -0.1) is 13.2 Å². The van der Waals surface area contributed by atoms with Gasteiger partial charge in [0.2, 0.25) is 5.90 Å². The van der Waals surface area contributed by atoms with E-state index in [1.165, 1.54) is 49.7 Å². The molecule has 0 N–H and O–H groups in total. The van der Waals surface area contributed by atoms with Crippen LogP contribution in [0.15, 0.2) is 47.8 Å². The van der Waals surface area contributed by atoms with Crippen LogP contribution in [0, 0.1) is 0 Å². The first-order valence-corrected chi connectivity index (χ1v) is 7.64. The molecule has 0 spiro atoms. The molecule has 1 aliphatic rings. The predicted octanol–water partition coefficient (Wildman–Crippen LogP) is 3.62. The lowest BCUT2D eigenvalue weighted by molar-refractivity contribution is -0.274. The summed E-state index contributed by atoms with van der Waals surface area (Å²) in [5.74, 6) is -0.276. The lowest BCUT2D eigenvalue weighted by atomic mass is 10.1. The molecule has 27 heavy (non-hydrogen) atoms. The van der Waals surface area contributed by atoms with E-state index in [0.29, 0.717) is 11.3 Å². The number of carbonyl (C=O) groups excluding carboxylic acids is 1. The molecular formula is C17H13F3N2O5. The highest BCUT2D eigenvalue weighted by atomic mass is 19.4. The Morgan fingerprint density at radius 2 is 1.85 bits per heavy atom. The molecule has 1 atom stereocenters. The number of aromatic nitrogens is 1. The molecule has 0 bridgehead atoms. The second-order valence-corrected chi connectivity index (χ2v) is 5.37. The molecule has 2 heterocycles. The number of hydrogen-bond donors (Lipinski definition) is 0. The Morgan fingerprint density at radius 3 is 2.44 bits per heavy atom. The van der Waals surface area contributed by atoms with Gasteiger partial charge in [-0.3, -0.25) is 0 Å². The normalized spacial score (nSPS) is 16.3. The van der Waals surface area contributed by atoms with Crippen molar-refractivity contribution in [1.82, 2.24) is 4.98 Å². The number of oxime groups is 1. The second kappa shape index (κ2) is 7.52. The summed E-state index contributed by atoms with van der Waals surface area (Å²) in [6.45, 7) is 0. The summed E-state index contributed by atoms with van der Waals surface area (Å²) in [4.78, 5) is 20.5. The fraction of sp³-hybridized carbons (Fsp3) is 0.235. The summed E-state index contributed by atoms with van der Waals surface area (Å²) in [6.07, 6.45) is -3.63. The van der Waals surface area contributed by atoms with E-state index in [9.17, 15) is 18.0 Å². The number of halogens is 3. The van der Waals surface area contributed by atoms with Gasteiger partial charge >= 0.3 is 12.3 Å². The van der Waals surface area contributed by atoms with E-state index in [0.717, 1.165) is 0 Å². The minimum absolute atomic E-state index is 0.133. The van der Waals surface area contributed by atoms with Crippen LogP contribution in [-0.2, 0) is 9.57 Å². The van der Waals surface area contributed by atoms with Crippen LogP contribution in [0.25, 0.3) is 0 Å². The molecule has 0 aliphatic carbocycles. The first-order valence-electron chi connectivity index (χ1n) is 7.64. The number of benzene rings is 1. The number of ether oxygens (including phenoxy) is 3. The van der Waals surface area contributed by atoms with Gasteiger partial charge in [-0.05, 0) is 29.8 Å². The van der Waals surface area contributed by atoms with E-state index in [4.69, 9.17) is 9.57 Å². The minimum atomic E-state index is -4.74. The Morgan fingerprint density at radius 1 is 1.15 bits per heavy atom. The van der Waals surface area contributed by atoms with Gasteiger partial charge in [0, 0.05) is 0 Å². The zero-order chi connectivity index (χ0) is 19.4. The van der Waals surface area contributed by atoms with Gasteiger partial charge in [-0.2, -0.15) is 0 Å². The molecule has 0 unspecified atom stereocenters. The van der Waals surface area contributed by atoms with Crippen molar-refractivity contribution in [1.29, 1.82) is 0 Å². The molecule has 3 rings (SSSR count). The number of carbonyl (C=O) groups is 1. The minimum Gasteiger partial charge on any atom is -0.464 e. The molecule has 1 aromatic heterocycles. The summed E-state index contributed by atoms with van der Waals surface area (Å²) in [5.41, 5.74) is 0.750. The fourth-order valence-corrected chi connectivity index (χ4v) is 2.28. The highest BCUT2D eigenvalue weighted by Gasteiger charge is 2.31. The third-order valence-electron chi connectivity index (χ3n) is 3.49. The number of rotatable bonds is 4. The average Bonchev–Trinajstić information content (AvgIpc) is 3.09. The van der Waals surface area contributed by atoms with Crippen molar-refractivity contribution in [3.05, 3.63) is 53.9 Å². The molecule has 10 heteroatoms.